The van der Waals surface area contributed by atoms with Crippen molar-refractivity contribution < 1.29 is 14.3 Å². The Kier molecular flexibility index (Phi) is 4.89. The lowest BCUT2D eigenvalue weighted by molar-refractivity contribution is -0.121. The highest BCUT2D eigenvalue weighted by molar-refractivity contribution is 7.07. The highest BCUT2D eigenvalue weighted by atomic mass is 32.1. The van der Waals surface area contributed by atoms with Gasteiger partial charge in [-0.15, -0.1) is 0 Å². The van der Waals surface area contributed by atoms with Crippen LogP contribution in [0.25, 0.3) is 0 Å². The number of amides is 1. The molecule has 2 aromatic rings. The standard InChI is InChI=1S/C17H20N2O4S/c1-11-9-24-17(21)19(11)7-3-4-16(20)18-12(2)13-5-6-14-15(8-13)23-10-22-14/h5-6,8-9,12H,3-4,7,10H2,1-2H3,(H,18,20)/t12-/m0/s1. The Morgan fingerprint density at radius 3 is 2.92 bits per heavy atom. The molecule has 1 atom stereocenters. The van der Waals surface area contributed by atoms with Gasteiger partial charge in [-0.3, -0.25) is 9.59 Å². The number of carbonyl (C=O) groups is 1. The molecule has 0 saturated heterocycles. The first kappa shape index (κ1) is 16.6. The summed E-state index contributed by atoms with van der Waals surface area (Å²) in [6.45, 7) is 4.64. The average molecular weight is 348 g/mol. The van der Waals surface area contributed by atoms with E-state index in [2.05, 4.69) is 5.32 Å². The van der Waals surface area contributed by atoms with Crippen molar-refractivity contribution in [1.29, 1.82) is 0 Å². The van der Waals surface area contributed by atoms with E-state index in [0.29, 0.717) is 25.1 Å². The van der Waals surface area contributed by atoms with Crippen LogP contribution in [0.4, 0.5) is 0 Å². The van der Waals surface area contributed by atoms with Gasteiger partial charge in [0.05, 0.1) is 6.04 Å². The van der Waals surface area contributed by atoms with Crippen molar-refractivity contribution in [3.8, 4) is 11.5 Å². The zero-order valence-corrected chi connectivity index (χ0v) is 14.5. The van der Waals surface area contributed by atoms with Gasteiger partial charge in [-0.25, -0.2) is 0 Å². The van der Waals surface area contributed by atoms with Gasteiger partial charge in [-0.1, -0.05) is 17.4 Å². The second-order valence-corrected chi connectivity index (χ2v) is 6.62. The molecule has 0 fully saturated rings. The van der Waals surface area contributed by atoms with Gasteiger partial charge in [0.25, 0.3) is 0 Å². The van der Waals surface area contributed by atoms with Crippen molar-refractivity contribution in [3.63, 3.8) is 0 Å². The van der Waals surface area contributed by atoms with E-state index in [4.69, 9.17) is 9.47 Å². The molecule has 1 aromatic carbocycles. The van der Waals surface area contributed by atoms with Gasteiger partial charge in [-0.2, -0.15) is 0 Å². The molecule has 1 amide bonds. The molecule has 1 aliphatic rings. The summed E-state index contributed by atoms with van der Waals surface area (Å²) < 4.78 is 12.3. The van der Waals surface area contributed by atoms with Crippen LogP contribution in [-0.2, 0) is 11.3 Å². The van der Waals surface area contributed by atoms with Crippen LogP contribution in [0.2, 0.25) is 0 Å². The van der Waals surface area contributed by atoms with Gasteiger partial charge in [0, 0.05) is 24.0 Å². The first-order valence-corrected chi connectivity index (χ1v) is 8.76. The molecule has 0 saturated carbocycles. The van der Waals surface area contributed by atoms with Crippen molar-refractivity contribution in [2.75, 3.05) is 6.79 Å². The van der Waals surface area contributed by atoms with E-state index in [0.717, 1.165) is 17.0 Å². The fraction of sp³-hybridized carbons (Fsp3) is 0.412. The van der Waals surface area contributed by atoms with E-state index in [9.17, 15) is 9.59 Å². The highest BCUT2D eigenvalue weighted by Crippen LogP contribution is 2.34. The maximum atomic E-state index is 12.1. The fourth-order valence-electron chi connectivity index (χ4n) is 2.65. The van der Waals surface area contributed by atoms with Gasteiger partial charge in [0.15, 0.2) is 11.5 Å². The van der Waals surface area contributed by atoms with Crippen LogP contribution in [0.5, 0.6) is 11.5 Å². The molecule has 7 heteroatoms. The summed E-state index contributed by atoms with van der Waals surface area (Å²) in [5.74, 6) is 1.41. The summed E-state index contributed by atoms with van der Waals surface area (Å²) in [4.78, 5) is 23.8. The van der Waals surface area contributed by atoms with Gasteiger partial charge in [0.1, 0.15) is 0 Å². The molecule has 128 valence electrons. The third-order valence-electron chi connectivity index (χ3n) is 4.04. The van der Waals surface area contributed by atoms with Crippen LogP contribution in [-0.4, -0.2) is 17.3 Å². The summed E-state index contributed by atoms with van der Waals surface area (Å²) in [7, 11) is 0. The minimum Gasteiger partial charge on any atom is -0.454 e. The molecule has 3 rings (SSSR count). The maximum absolute atomic E-state index is 12.1. The third-order valence-corrected chi connectivity index (χ3v) is 4.92. The summed E-state index contributed by atoms with van der Waals surface area (Å²) in [5.41, 5.74) is 1.91. The molecule has 1 aliphatic heterocycles. The minimum absolute atomic E-state index is 0.0268. The van der Waals surface area contributed by atoms with Gasteiger partial charge in [0.2, 0.25) is 12.7 Å². The Labute approximate surface area is 144 Å². The molecule has 24 heavy (non-hydrogen) atoms. The minimum atomic E-state index is -0.113. The number of nitrogens with one attached hydrogen (secondary N) is 1. The fourth-order valence-corrected chi connectivity index (χ4v) is 3.41. The Morgan fingerprint density at radius 2 is 2.17 bits per heavy atom. The Balaban J connectivity index is 1.50. The number of nitrogens with zero attached hydrogens (tertiary/aromatic N) is 1. The number of ether oxygens (including phenoxy) is 2. The number of aryl methyl sites for hydroxylation is 1. The molecule has 0 spiro atoms. The van der Waals surface area contributed by atoms with Gasteiger partial charge < -0.3 is 19.4 Å². The number of aromatic nitrogens is 1. The van der Waals surface area contributed by atoms with Crippen LogP contribution in [0.15, 0.2) is 28.4 Å². The van der Waals surface area contributed by atoms with Crippen molar-refractivity contribution >= 4 is 17.2 Å². The smallest absolute Gasteiger partial charge is 0.307 e. The van der Waals surface area contributed by atoms with Gasteiger partial charge >= 0.3 is 4.87 Å². The van der Waals surface area contributed by atoms with Crippen LogP contribution >= 0.6 is 11.3 Å². The van der Waals surface area contributed by atoms with Gasteiger partial charge in [-0.05, 0) is 38.0 Å². The Morgan fingerprint density at radius 1 is 1.38 bits per heavy atom. The first-order chi connectivity index (χ1) is 11.5. The highest BCUT2D eigenvalue weighted by Gasteiger charge is 2.16. The number of carbonyl (C=O) groups excluding carboxylic acids is 1. The Bertz CT molecular complexity index is 796. The van der Waals surface area contributed by atoms with Crippen LogP contribution in [0, 0.1) is 6.92 Å². The molecule has 0 aliphatic carbocycles. The lowest BCUT2D eigenvalue weighted by Gasteiger charge is -2.15. The van der Waals surface area contributed by atoms with E-state index in [-0.39, 0.29) is 23.6 Å². The van der Waals surface area contributed by atoms with E-state index >= 15 is 0 Å². The largest absolute Gasteiger partial charge is 0.454 e. The summed E-state index contributed by atoms with van der Waals surface area (Å²) >= 11 is 1.19. The molecular formula is C17H20N2O4S. The second kappa shape index (κ2) is 7.09. The average Bonchev–Trinajstić information content (AvgIpc) is 3.15. The number of hydrogen-bond acceptors (Lipinski definition) is 5. The molecular weight excluding hydrogens is 328 g/mol. The van der Waals surface area contributed by atoms with E-state index in [1.165, 1.54) is 11.3 Å². The lowest BCUT2D eigenvalue weighted by Crippen LogP contribution is -2.27. The monoisotopic (exact) mass is 348 g/mol. The second-order valence-electron chi connectivity index (χ2n) is 5.80. The summed E-state index contributed by atoms with van der Waals surface area (Å²) in [6.07, 6.45) is 1.02. The normalized spacial score (nSPS) is 13.8. The zero-order valence-electron chi connectivity index (χ0n) is 13.7. The number of rotatable bonds is 6. The molecule has 0 unspecified atom stereocenters. The topological polar surface area (TPSA) is 69.6 Å². The molecule has 1 aromatic heterocycles. The molecule has 2 heterocycles. The number of thiazole rings is 1. The lowest BCUT2D eigenvalue weighted by atomic mass is 10.1. The van der Waals surface area contributed by atoms with Crippen molar-refractivity contribution in [2.45, 2.75) is 39.3 Å². The number of fused-ring (bicyclic) bond motifs is 1. The maximum Gasteiger partial charge on any atom is 0.307 e. The van der Waals surface area contributed by atoms with E-state index in [1.54, 1.807) is 4.57 Å². The predicted molar refractivity (Wildman–Crippen MR) is 91.7 cm³/mol. The number of benzene rings is 1. The molecule has 0 radical (unpaired) electrons. The SMILES string of the molecule is Cc1csc(=O)n1CCCC(=O)N[C@@H](C)c1ccc2c(c1)OCO2. The van der Waals surface area contributed by atoms with Crippen LogP contribution < -0.4 is 19.7 Å². The number of hydrogen-bond donors (Lipinski definition) is 1. The molecule has 6 nitrogen and oxygen atoms in total. The van der Waals surface area contributed by atoms with Crippen molar-refractivity contribution in [1.82, 2.24) is 9.88 Å². The first-order valence-electron chi connectivity index (χ1n) is 7.88. The van der Waals surface area contributed by atoms with Crippen molar-refractivity contribution in [2.24, 2.45) is 0 Å². The predicted octanol–water partition coefficient (Wildman–Crippen LogP) is 2.60. The van der Waals surface area contributed by atoms with Crippen molar-refractivity contribution in [3.05, 3.63) is 44.5 Å². The molecule has 1 N–H and O–H groups in total. The summed E-state index contributed by atoms with van der Waals surface area (Å²) in [6, 6.07) is 5.55. The summed E-state index contributed by atoms with van der Waals surface area (Å²) in [5, 5.41) is 4.81. The quantitative estimate of drug-likeness (QED) is 0.871. The van der Waals surface area contributed by atoms with E-state index < -0.39 is 0 Å². The van der Waals surface area contributed by atoms with E-state index in [1.807, 2.05) is 37.4 Å². The Hall–Kier alpha value is -2.28. The van der Waals surface area contributed by atoms with Crippen LogP contribution in [0.1, 0.15) is 37.1 Å². The third kappa shape index (κ3) is 3.62. The van der Waals surface area contributed by atoms with Crippen LogP contribution in [0.3, 0.4) is 0 Å². The zero-order chi connectivity index (χ0) is 17.1. The molecule has 0 bridgehead atoms.